The normalized spacial score (nSPS) is 42.8. The van der Waals surface area contributed by atoms with Crippen LogP contribution in [0.3, 0.4) is 0 Å². The first-order valence-electron chi connectivity index (χ1n) is 7.32. The maximum absolute atomic E-state index is 6.06. The molecule has 0 spiro atoms. The van der Waals surface area contributed by atoms with Crippen LogP contribution in [0.4, 0.5) is 0 Å². The van der Waals surface area contributed by atoms with Gasteiger partial charge in [-0.25, -0.2) is 4.99 Å². The summed E-state index contributed by atoms with van der Waals surface area (Å²) in [6, 6.07) is -0.379. The average molecular weight is 327 g/mol. The average Bonchev–Trinajstić information content (AvgIpc) is 2.89. The second-order valence-corrected chi connectivity index (χ2v) is 6.76. The molecule has 0 aromatic rings. The standard InChI is InChI=1S/C15H21NO5S/c1-6-8(16-7-22)9-10-11(19-14(2,3)18-10)12-13(17-9)21-15(4,5)20-12/h6,8-13H,1H2,2-5H3/t8-,9+,10-,11-,12+,13+/m0/s1. The first-order chi connectivity index (χ1) is 10.3. The van der Waals surface area contributed by atoms with Crippen molar-refractivity contribution in [3.8, 4) is 0 Å². The van der Waals surface area contributed by atoms with E-state index in [1.807, 2.05) is 27.7 Å². The third-order valence-corrected chi connectivity index (χ3v) is 4.08. The Labute approximate surface area is 135 Å². The number of hydrogen-bond acceptors (Lipinski definition) is 7. The Morgan fingerprint density at radius 1 is 1.05 bits per heavy atom. The maximum atomic E-state index is 6.06. The predicted molar refractivity (Wildman–Crippen MR) is 81.5 cm³/mol. The molecule has 3 fully saturated rings. The summed E-state index contributed by atoms with van der Waals surface area (Å²) in [6.07, 6.45) is -0.288. The Balaban J connectivity index is 1.93. The van der Waals surface area contributed by atoms with Gasteiger partial charge in [0.15, 0.2) is 17.9 Å². The third kappa shape index (κ3) is 2.78. The van der Waals surface area contributed by atoms with Crippen LogP contribution in [0.2, 0.25) is 0 Å². The fourth-order valence-electron chi connectivity index (χ4n) is 3.24. The lowest BCUT2D eigenvalue weighted by Gasteiger charge is -2.38. The number of fused-ring (bicyclic) bond motifs is 3. The molecular weight excluding hydrogens is 306 g/mol. The third-order valence-electron chi connectivity index (χ3n) is 3.97. The van der Waals surface area contributed by atoms with Gasteiger partial charge in [0.1, 0.15) is 30.5 Å². The van der Waals surface area contributed by atoms with Crippen LogP contribution in [0.1, 0.15) is 27.7 Å². The minimum Gasteiger partial charge on any atom is -0.342 e. The number of rotatable bonds is 3. The smallest absolute Gasteiger partial charge is 0.190 e. The molecule has 3 heterocycles. The van der Waals surface area contributed by atoms with Gasteiger partial charge in [0.25, 0.3) is 0 Å². The molecule has 122 valence electrons. The first kappa shape index (κ1) is 16.2. The van der Waals surface area contributed by atoms with E-state index in [2.05, 4.69) is 16.7 Å². The highest BCUT2D eigenvalue weighted by Gasteiger charge is 2.61. The highest BCUT2D eigenvalue weighted by atomic mass is 32.1. The zero-order chi connectivity index (χ0) is 16.1. The number of aliphatic imine (C=N–C) groups is 1. The molecule has 0 radical (unpaired) electrons. The molecule has 6 nitrogen and oxygen atoms in total. The topological polar surface area (TPSA) is 58.5 Å². The van der Waals surface area contributed by atoms with Crippen molar-refractivity contribution in [1.82, 2.24) is 0 Å². The van der Waals surface area contributed by atoms with Crippen LogP contribution in [0.15, 0.2) is 17.6 Å². The van der Waals surface area contributed by atoms with Crippen molar-refractivity contribution in [1.29, 1.82) is 0 Å². The molecule has 0 N–H and O–H groups in total. The first-order valence-corrected chi connectivity index (χ1v) is 7.73. The molecule has 0 amide bonds. The van der Waals surface area contributed by atoms with Gasteiger partial charge in [0.2, 0.25) is 0 Å². The van der Waals surface area contributed by atoms with Crippen molar-refractivity contribution in [2.75, 3.05) is 0 Å². The molecule has 22 heavy (non-hydrogen) atoms. The molecule has 0 saturated carbocycles. The second kappa shape index (κ2) is 5.46. The highest BCUT2D eigenvalue weighted by molar-refractivity contribution is 7.78. The molecular formula is C15H21NO5S. The molecule has 0 aliphatic carbocycles. The van der Waals surface area contributed by atoms with Crippen LogP contribution < -0.4 is 0 Å². The van der Waals surface area contributed by atoms with Crippen LogP contribution in [0, 0.1) is 0 Å². The molecule has 0 bridgehead atoms. The number of hydrogen-bond donors (Lipinski definition) is 0. The summed E-state index contributed by atoms with van der Waals surface area (Å²) in [4.78, 5) is 4.11. The van der Waals surface area contributed by atoms with Crippen molar-refractivity contribution in [2.45, 2.75) is 76.0 Å². The lowest BCUT2D eigenvalue weighted by Crippen LogP contribution is -2.57. The monoisotopic (exact) mass is 327 g/mol. The van der Waals surface area contributed by atoms with E-state index >= 15 is 0 Å². The van der Waals surface area contributed by atoms with Gasteiger partial charge in [-0.05, 0) is 39.9 Å². The second-order valence-electron chi connectivity index (χ2n) is 6.58. The molecule has 3 aliphatic heterocycles. The lowest BCUT2D eigenvalue weighted by molar-refractivity contribution is -0.235. The summed E-state index contributed by atoms with van der Waals surface area (Å²) in [5.41, 5.74) is 0. The van der Waals surface area contributed by atoms with Gasteiger partial charge in [-0.2, -0.15) is 0 Å². The molecule has 0 unspecified atom stereocenters. The summed E-state index contributed by atoms with van der Waals surface area (Å²) >= 11 is 4.71. The minimum absolute atomic E-state index is 0.303. The zero-order valence-corrected chi connectivity index (χ0v) is 14.0. The van der Waals surface area contributed by atoms with Gasteiger partial charge in [0.05, 0.1) is 5.16 Å². The highest BCUT2D eigenvalue weighted by Crippen LogP contribution is 2.45. The van der Waals surface area contributed by atoms with Gasteiger partial charge in [-0.3, -0.25) is 0 Å². The Morgan fingerprint density at radius 2 is 1.64 bits per heavy atom. The molecule has 3 rings (SSSR count). The SMILES string of the molecule is C=C[C@H](N=C=S)[C@H]1O[C@@H]2OC(C)(C)O[C@@H]2[C@H]2OC(C)(C)O[C@H]21. The van der Waals surface area contributed by atoms with Gasteiger partial charge in [0, 0.05) is 0 Å². The molecule has 0 aromatic heterocycles. The zero-order valence-electron chi connectivity index (χ0n) is 13.1. The van der Waals surface area contributed by atoms with Gasteiger partial charge >= 0.3 is 0 Å². The Kier molecular flexibility index (Phi) is 4.02. The van der Waals surface area contributed by atoms with Crippen molar-refractivity contribution >= 4 is 17.4 Å². The number of thiocarbonyl (C=S) groups is 1. The Bertz CT molecular complexity index is 516. The Hall–Kier alpha value is -0.660. The van der Waals surface area contributed by atoms with Crippen molar-refractivity contribution in [2.24, 2.45) is 4.99 Å². The molecule has 6 atom stereocenters. The van der Waals surface area contributed by atoms with E-state index in [1.165, 1.54) is 0 Å². The van der Waals surface area contributed by atoms with Crippen molar-refractivity contribution < 1.29 is 23.7 Å². The van der Waals surface area contributed by atoms with E-state index in [1.54, 1.807) is 6.08 Å². The van der Waals surface area contributed by atoms with E-state index < -0.39 is 24.0 Å². The Morgan fingerprint density at radius 3 is 2.27 bits per heavy atom. The predicted octanol–water partition coefficient (Wildman–Crippen LogP) is 2.04. The fourth-order valence-corrected chi connectivity index (χ4v) is 3.36. The maximum Gasteiger partial charge on any atom is 0.190 e. The largest absolute Gasteiger partial charge is 0.342 e. The van der Waals surface area contributed by atoms with Crippen LogP contribution in [-0.2, 0) is 23.7 Å². The summed E-state index contributed by atoms with van der Waals surface area (Å²) in [6.45, 7) is 11.2. The van der Waals surface area contributed by atoms with E-state index in [0.717, 1.165) is 0 Å². The van der Waals surface area contributed by atoms with Crippen LogP contribution in [0.25, 0.3) is 0 Å². The summed E-state index contributed by atoms with van der Waals surface area (Å²) in [5.74, 6) is -1.46. The van der Waals surface area contributed by atoms with Gasteiger partial charge in [-0.1, -0.05) is 6.08 Å². The number of isothiocyanates is 1. The van der Waals surface area contributed by atoms with E-state index in [-0.39, 0.29) is 24.4 Å². The molecule has 3 aliphatic rings. The van der Waals surface area contributed by atoms with E-state index in [4.69, 9.17) is 35.9 Å². The van der Waals surface area contributed by atoms with Crippen LogP contribution in [-0.4, -0.2) is 53.5 Å². The van der Waals surface area contributed by atoms with Crippen molar-refractivity contribution in [3.63, 3.8) is 0 Å². The van der Waals surface area contributed by atoms with E-state index in [0.29, 0.717) is 0 Å². The molecule has 7 heteroatoms. The van der Waals surface area contributed by atoms with Crippen LogP contribution >= 0.6 is 12.2 Å². The van der Waals surface area contributed by atoms with E-state index in [9.17, 15) is 0 Å². The minimum atomic E-state index is -0.734. The summed E-state index contributed by atoms with van der Waals surface area (Å²) in [7, 11) is 0. The van der Waals surface area contributed by atoms with Crippen molar-refractivity contribution in [3.05, 3.63) is 12.7 Å². The number of nitrogens with zero attached hydrogens (tertiary/aromatic N) is 1. The van der Waals surface area contributed by atoms with Crippen LogP contribution in [0.5, 0.6) is 0 Å². The molecule has 3 saturated heterocycles. The van der Waals surface area contributed by atoms with Gasteiger partial charge < -0.3 is 23.7 Å². The van der Waals surface area contributed by atoms with Gasteiger partial charge in [-0.15, -0.1) is 6.58 Å². The fraction of sp³-hybridized carbons (Fsp3) is 0.800. The lowest BCUT2D eigenvalue weighted by atomic mass is 9.94. The quantitative estimate of drug-likeness (QED) is 0.449. The summed E-state index contributed by atoms with van der Waals surface area (Å²) < 4.78 is 29.9. The molecule has 0 aromatic carbocycles. The number of ether oxygens (including phenoxy) is 5. The summed E-state index contributed by atoms with van der Waals surface area (Å²) in [5, 5.41) is 2.38.